The first-order valence-electron chi connectivity index (χ1n) is 13.2. The largest absolute Gasteiger partial charge is 0.493 e. The van der Waals surface area contributed by atoms with Crippen LogP contribution in [0.2, 0.25) is 0 Å². The molecule has 8 heteroatoms. The third-order valence-electron chi connectivity index (χ3n) is 8.34. The molecule has 0 aromatic heterocycles. The Morgan fingerprint density at radius 3 is 2.47 bits per heavy atom. The summed E-state index contributed by atoms with van der Waals surface area (Å²) in [6, 6.07) is 15.5. The highest BCUT2D eigenvalue weighted by molar-refractivity contribution is 5.65. The van der Waals surface area contributed by atoms with E-state index in [0.29, 0.717) is 35.9 Å². The van der Waals surface area contributed by atoms with Gasteiger partial charge in [0.15, 0.2) is 11.5 Å². The standard InChI is InChI=1S/C30H39N3O5/c1-29(2,3)30-15-14-23(19-32(20-30)28(34)35)33(30)16-6-7-25(22-10-8-21(18-31)9-11-22)38-24-12-13-26(36-4)27(17-24)37-5/h8-13,17,23,25H,6-7,14-16,19-20H2,1-5H3,(H,34,35)/t23?,25-,30?/m1/s1. The summed E-state index contributed by atoms with van der Waals surface area (Å²) in [6.45, 7) is 8.67. The first-order chi connectivity index (χ1) is 18.1. The summed E-state index contributed by atoms with van der Waals surface area (Å²) in [5, 5.41) is 19.0. The van der Waals surface area contributed by atoms with Crippen molar-refractivity contribution in [1.82, 2.24) is 9.80 Å². The molecule has 0 radical (unpaired) electrons. The van der Waals surface area contributed by atoms with Gasteiger partial charge in [-0.3, -0.25) is 4.90 Å². The Labute approximate surface area is 225 Å². The summed E-state index contributed by atoms with van der Waals surface area (Å²) in [6.07, 6.45) is 2.64. The molecule has 2 aromatic carbocycles. The summed E-state index contributed by atoms with van der Waals surface area (Å²) >= 11 is 0. The monoisotopic (exact) mass is 521 g/mol. The molecule has 2 bridgehead atoms. The first kappa shape index (κ1) is 27.6. The van der Waals surface area contributed by atoms with Gasteiger partial charge in [0.1, 0.15) is 11.9 Å². The van der Waals surface area contributed by atoms with Crippen LogP contribution >= 0.6 is 0 Å². The number of fused-ring (bicyclic) bond motifs is 2. The number of carbonyl (C=O) groups is 1. The molecule has 2 fully saturated rings. The Bertz CT molecular complexity index is 1170. The minimum Gasteiger partial charge on any atom is -0.493 e. The molecule has 2 aliphatic heterocycles. The minimum absolute atomic E-state index is 0.0570. The summed E-state index contributed by atoms with van der Waals surface area (Å²) < 4.78 is 17.3. The maximum absolute atomic E-state index is 11.9. The Hall–Kier alpha value is -3.44. The number of benzene rings is 2. The fourth-order valence-corrected chi connectivity index (χ4v) is 6.20. The molecule has 1 N–H and O–H groups in total. The molecule has 2 aromatic rings. The predicted molar refractivity (Wildman–Crippen MR) is 145 cm³/mol. The highest BCUT2D eigenvalue weighted by Gasteiger charge is 2.57. The molecule has 2 aliphatic rings. The molecule has 0 spiro atoms. The number of nitrogens with zero attached hydrogens (tertiary/aromatic N) is 3. The maximum atomic E-state index is 11.9. The quantitative estimate of drug-likeness (QED) is 0.451. The highest BCUT2D eigenvalue weighted by atomic mass is 16.5. The van der Waals surface area contributed by atoms with E-state index >= 15 is 0 Å². The average Bonchev–Trinajstić information content (AvgIpc) is 3.11. The lowest BCUT2D eigenvalue weighted by Crippen LogP contribution is -2.67. The van der Waals surface area contributed by atoms with Crippen molar-refractivity contribution in [2.24, 2.45) is 5.41 Å². The molecule has 1 amide bonds. The van der Waals surface area contributed by atoms with Crippen LogP contribution in [0.25, 0.3) is 0 Å². The zero-order valence-corrected chi connectivity index (χ0v) is 23.1. The molecule has 2 unspecified atom stereocenters. The van der Waals surface area contributed by atoms with Crippen molar-refractivity contribution in [1.29, 1.82) is 5.26 Å². The van der Waals surface area contributed by atoms with E-state index in [-0.39, 0.29) is 23.1 Å². The van der Waals surface area contributed by atoms with Crippen molar-refractivity contribution in [2.45, 2.75) is 64.1 Å². The smallest absolute Gasteiger partial charge is 0.407 e. The number of likely N-dealkylation sites (tertiary alicyclic amines) is 1. The molecule has 0 aliphatic carbocycles. The number of piperazine rings is 1. The molecule has 0 saturated carbocycles. The molecule has 8 nitrogen and oxygen atoms in total. The Morgan fingerprint density at radius 2 is 1.87 bits per heavy atom. The predicted octanol–water partition coefficient (Wildman–Crippen LogP) is 5.72. The van der Waals surface area contributed by atoms with E-state index < -0.39 is 6.09 Å². The van der Waals surface area contributed by atoms with Crippen LogP contribution in [0, 0.1) is 16.7 Å². The minimum atomic E-state index is -0.825. The van der Waals surface area contributed by atoms with Crippen molar-refractivity contribution in [2.75, 3.05) is 33.9 Å². The number of amides is 1. The molecule has 2 heterocycles. The van der Waals surface area contributed by atoms with E-state index in [4.69, 9.17) is 14.2 Å². The van der Waals surface area contributed by atoms with Gasteiger partial charge in [-0.15, -0.1) is 0 Å². The third kappa shape index (κ3) is 5.39. The van der Waals surface area contributed by atoms with Gasteiger partial charge in [-0.2, -0.15) is 5.26 Å². The molecule has 4 rings (SSSR count). The lowest BCUT2D eigenvalue weighted by atomic mass is 9.71. The van der Waals surface area contributed by atoms with Gasteiger partial charge in [0.05, 0.1) is 25.9 Å². The molecule has 3 atom stereocenters. The molecule has 204 valence electrons. The van der Waals surface area contributed by atoms with Crippen LogP contribution in [0.3, 0.4) is 0 Å². The van der Waals surface area contributed by atoms with Crippen molar-refractivity contribution >= 4 is 6.09 Å². The zero-order valence-electron chi connectivity index (χ0n) is 23.1. The van der Waals surface area contributed by atoms with Gasteiger partial charge in [0, 0.05) is 30.7 Å². The number of methoxy groups -OCH3 is 2. The fourth-order valence-electron chi connectivity index (χ4n) is 6.20. The van der Waals surface area contributed by atoms with Crippen LogP contribution < -0.4 is 14.2 Å². The summed E-state index contributed by atoms with van der Waals surface area (Å²) in [4.78, 5) is 16.1. The van der Waals surface area contributed by atoms with Gasteiger partial charge >= 0.3 is 6.09 Å². The lowest BCUT2D eigenvalue weighted by molar-refractivity contribution is -0.0563. The molecular weight excluding hydrogens is 482 g/mol. The number of hydrogen-bond donors (Lipinski definition) is 1. The number of ether oxygens (including phenoxy) is 3. The van der Waals surface area contributed by atoms with Crippen LogP contribution in [0.1, 0.15) is 63.7 Å². The van der Waals surface area contributed by atoms with Crippen molar-refractivity contribution < 1.29 is 24.1 Å². The van der Waals surface area contributed by atoms with Crippen LogP contribution in [0.5, 0.6) is 17.2 Å². The SMILES string of the molecule is COc1ccc(O[C@H](CCCN2C3CCC2(C(C)(C)C)CN(C(=O)O)C3)c2ccc(C#N)cc2)cc1OC. The summed E-state index contributed by atoms with van der Waals surface area (Å²) in [5.74, 6) is 1.92. The second-order valence-corrected chi connectivity index (χ2v) is 11.3. The van der Waals surface area contributed by atoms with Crippen molar-refractivity contribution in [3.63, 3.8) is 0 Å². The lowest BCUT2D eigenvalue weighted by Gasteiger charge is -2.55. The molecular formula is C30H39N3O5. The van der Waals surface area contributed by atoms with Crippen LogP contribution in [0.15, 0.2) is 42.5 Å². The van der Waals surface area contributed by atoms with E-state index in [0.717, 1.165) is 37.8 Å². The van der Waals surface area contributed by atoms with Gasteiger partial charge in [-0.05, 0) is 67.5 Å². The third-order valence-corrected chi connectivity index (χ3v) is 8.34. The van der Waals surface area contributed by atoms with E-state index in [1.807, 2.05) is 42.5 Å². The van der Waals surface area contributed by atoms with E-state index in [2.05, 4.69) is 31.7 Å². The van der Waals surface area contributed by atoms with Crippen molar-refractivity contribution in [3.05, 3.63) is 53.6 Å². The number of carboxylic acid groups (broad SMARTS) is 1. The number of nitriles is 1. The van der Waals surface area contributed by atoms with E-state index in [1.165, 1.54) is 0 Å². The van der Waals surface area contributed by atoms with Gasteiger partial charge in [0.2, 0.25) is 0 Å². The average molecular weight is 522 g/mol. The second-order valence-electron chi connectivity index (χ2n) is 11.3. The van der Waals surface area contributed by atoms with Gasteiger partial charge in [0.25, 0.3) is 0 Å². The fraction of sp³-hybridized carbons (Fsp3) is 0.533. The zero-order chi connectivity index (χ0) is 27.5. The normalized spacial score (nSPS) is 22.0. The topological polar surface area (TPSA) is 95.3 Å². The molecule has 2 saturated heterocycles. The van der Waals surface area contributed by atoms with Crippen LogP contribution in [-0.2, 0) is 0 Å². The van der Waals surface area contributed by atoms with Crippen LogP contribution in [0.4, 0.5) is 4.79 Å². The molecule has 38 heavy (non-hydrogen) atoms. The number of hydrogen-bond acceptors (Lipinski definition) is 6. The highest BCUT2D eigenvalue weighted by Crippen LogP contribution is 2.49. The van der Waals surface area contributed by atoms with Gasteiger partial charge < -0.3 is 24.2 Å². The Morgan fingerprint density at radius 1 is 1.16 bits per heavy atom. The first-order valence-corrected chi connectivity index (χ1v) is 13.2. The van der Waals surface area contributed by atoms with Gasteiger partial charge in [-0.25, -0.2) is 4.79 Å². The number of rotatable bonds is 9. The van der Waals surface area contributed by atoms with Crippen molar-refractivity contribution in [3.8, 4) is 23.3 Å². The van der Waals surface area contributed by atoms with Gasteiger partial charge in [-0.1, -0.05) is 32.9 Å². The second kappa shape index (κ2) is 11.1. The van der Waals surface area contributed by atoms with Crippen LogP contribution in [-0.4, -0.2) is 66.4 Å². The maximum Gasteiger partial charge on any atom is 0.407 e. The summed E-state index contributed by atoms with van der Waals surface area (Å²) in [5.41, 5.74) is 1.38. The summed E-state index contributed by atoms with van der Waals surface area (Å²) in [7, 11) is 3.20. The van der Waals surface area contributed by atoms with E-state index in [1.54, 1.807) is 19.1 Å². The Kier molecular flexibility index (Phi) is 8.08. The van der Waals surface area contributed by atoms with E-state index in [9.17, 15) is 15.2 Å². The Balaban J connectivity index is 1.53.